The third kappa shape index (κ3) is 7.66. The molecule has 0 amide bonds. The smallest absolute Gasteiger partial charge is 0.307 e. The molecule has 5 N–H and O–H groups in total. The summed E-state index contributed by atoms with van der Waals surface area (Å²) in [4.78, 5) is 12.3. The lowest BCUT2D eigenvalue weighted by Crippen LogP contribution is -2.30. The van der Waals surface area contributed by atoms with E-state index in [1.807, 2.05) is 54.6 Å². The van der Waals surface area contributed by atoms with Gasteiger partial charge < -0.3 is 21.1 Å². The quantitative estimate of drug-likeness (QED) is 0.108. The molecule has 40 heavy (non-hydrogen) atoms. The molecule has 8 nitrogen and oxygen atoms in total. The SMILES string of the molecule is CCOC(=O)CC(NS(=O)(=O)c1cccc(-c2cccc(NC(=S)Nc3ccccc3N)c2)c1)c1ccccc1. The molecular formula is C30H30N4O4S2. The van der Waals surface area contributed by atoms with Crippen molar-refractivity contribution in [2.75, 3.05) is 23.0 Å². The highest BCUT2D eigenvalue weighted by atomic mass is 32.2. The Labute approximate surface area is 239 Å². The highest BCUT2D eigenvalue weighted by molar-refractivity contribution is 7.89. The van der Waals surface area contributed by atoms with Gasteiger partial charge in [-0.1, -0.05) is 66.7 Å². The van der Waals surface area contributed by atoms with E-state index in [1.165, 1.54) is 6.07 Å². The zero-order valence-corrected chi connectivity index (χ0v) is 23.5. The third-order valence-corrected chi connectivity index (χ3v) is 7.66. The van der Waals surface area contributed by atoms with Gasteiger partial charge in [0.25, 0.3) is 0 Å². The molecule has 0 fully saturated rings. The first-order chi connectivity index (χ1) is 19.2. The first-order valence-electron chi connectivity index (χ1n) is 12.6. The maximum Gasteiger partial charge on any atom is 0.307 e. The predicted molar refractivity (Wildman–Crippen MR) is 163 cm³/mol. The van der Waals surface area contributed by atoms with Crippen molar-refractivity contribution in [1.82, 2.24) is 4.72 Å². The van der Waals surface area contributed by atoms with Gasteiger partial charge in [-0.2, -0.15) is 0 Å². The van der Waals surface area contributed by atoms with Crippen LogP contribution in [0.5, 0.6) is 0 Å². The number of hydrogen-bond acceptors (Lipinski definition) is 6. The van der Waals surface area contributed by atoms with Crippen LogP contribution in [0.4, 0.5) is 17.1 Å². The van der Waals surface area contributed by atoms with Crippen molar-refractivity contribution < 1.29 is 17.9 Å². The maximum absolute atomic E-state index is 13.4. The highest BCUT2D eigenvalue weighted by Crippen LogP contribution is 2.27. The zero-order valence-electron chi connectivity index (χ0n) is 21.8. The van der Waals surface area contributed by atoms with Gasteiger partial charge in [-0.3, -0.25) is 4.79 Å². The van der Waals surface area contributed by atoms with Gasteiger partial charge in [-0.05, 0) is 72.2 Å². The first-order valence-corrected chi connectivity index (χ1v) is 14.5. The summed E-state index contributed by atoms with van der Waals surface area (Å²) in [6, 6.07) is 29.5. The van der Waals surface area contributed by atoms with E-state index >= 15 is 0 Å². The number of thiocarbonyl (C=S) groups is 1. The summed E-state index contributed by atoms with van der Waals surface area (Å²) in [6.45, 7) is 1.92. The number of anilines is 3. The van der Waals surface area contributed by atoms with Crippen LogP contribution in [0.25, 0.3) is 11.1 Å². The topological polar surface area (TPSA) is 123 Å². The Morgan fingerprint density at radius 1 is 0.875 bits per heavy atom. The number of sulfonamides is 1. The molecule has 4 rings (SSSR count). The second-order valence-corrected chi connectivity index (χ2v) is 11.0. The van der Waals surface area contributed by atoms with E-state index in [0.29, 0.717) is 27.6 Å². The van der Waals surface area contributed by atoms with Crippen LogP contribution in [0.2, 0.25) is 0 Å². The summed E-state index contributed by atoms with van der Waals surface area (Å²) >= 11 is 5.44. The summed E-state index contributed by atoms with van der Waals surface area (Å²) < 4.78 is 34.6. The fraction of sp³-hybridized carbons (Fsp3) is 0.133. The Morgan fingerprint density at radius 3 is 2.27 bits per heavy atom. The number of hydrogen-bond donors (Lipinski definition) is 4. The second-order valence-electron chi connectivity index (χ2n) is 8.87. The molecule has 0 saturated carbocycles. The van der Waals surface area contributed by atoms with Crippen LogP contribution < -0.4 is 21.1 Å². The number of ether oxygens (including phenoxy) is 1. The van der Waals surface area contributed by atoms with E-state index < -0.39 is 22.0 Å². The fourth-order valence-corrected chi connectivity index (χ4v) is 5.57. The molecule has 0 aromatic heterocycles. The van der Waals surface area contributed by atoms with Crippen LogP contribution in [0.3, 0.4) is 0 Å². The number of nitrogens with one attached hydrogen (secondary N) is 3. The van der Waals surface area contributed by atoms with Gasteiger partial charge >= 0.3 is 5.97 Å². The van der Waals surface area contributed by atoms with Crippen LogP contribution in [0.15, 0.2) is 108 Å². The second kappa shape index (κ2) is 13.2. The van der Waals surface area contributed by atoms with Gasteiger partial charge in [0, 0.05) is 5.69 Å². The van der Waals surface area contributed by atoms with E-state index in [0.717, 1.165) is 11.3 Å². The Hall–Kier alpha value is -4.25. The largest absolute Gasteiger partial charge is 0.466 e. The Balaban J connectivity index is 1.53. The van der Waals surface area contributed by atoms with Crippen LogP contribution in [0.1, 0.15) is 24.9 Å². The van der Waals surface area contributed by atoms with Crippen LogP contribution in [-0.2, 0) is 19.6 Å². The van der Waals surface area contributed by atoms with Gasteiger partial charge in [-0.15, -0.1) is 0 Å². The minimum absolute atomic E-state index is 0.0740. The van der Waals surface area contributed by atoms with Crippen LogP contribution in [0, 0.1) is 0 Å². The molecule has 4 aromatic rings. The Morgan fingerprint density at radius 2 is 1.55 bits per heavy atom. The molecule has 0 bridgehead atoms. The van der Waals surface area contributed by atoms with E-state index in [9.17, 15) is 13.2 Å². The number of carbonyl (C=O) groups excluding carboxylic acids is 1. The van der Waals surface area contributed by atoms with Crippen molar-refractivity contribution in [3.05, 3.63) is 109 Å². The van der Waals surface area contributed by atoms with Gasteiger partial charge in [-0.25, -0.2) is 13.1 Å². The normalized spacial score (nSPS) is 11.8. The molecule has 0 radical (unpaired) electrons. The number of esters is 1. The first kappa shape index (κ1) is 28.8. The fourth-order valence-electron chi connectivity index (χ4n) is 4.07. The third-order valence-electron chi connectivity index (χ3n) is 5.98. The number of nitrogen functional groups attached to an aromatic ring is 1. The van der Waals surface area contributed by atoms with E-state index in [-0.39, 0.29) is 17.9 Å². The molecule has 0 aliphatic rings. The molecule has 1 atom stereocenters. The van der Waals surface area contributed by atoms with Crippen molar-refractivity contribution in [3.63, 3.8) is 0 Å². The molecule has 10 heteroatoms. The lowest BCUT2D eigenvalue weighted by atomic mass is 10.1. The predicted octanol–water partition coefficient (Wildman–Crippen LogP) is 5.72. The van der Waals surface area contributed by atoms with E-state index in [1.54, 1.807) is 49.4 Å². The molecule has 0 aliphatic heterocycles. The summed E-state index contributed by atoms with van der Waals surface area (Å²) in [5.74, 6) is -0.487. The molecular weight excluding hydrogens is 544 g/mol. The Bertz CT molecular complexity index is 1590. The van der Waals surface area contributed by atoms with Gasteiger partial charge in [0.15, 0.2) is 5.11 Å². The van der Waals surface area contributed by atoms with Crippen molar-refractivity contribution in [2.45, 2.75) is 24.3 Å². The van der Waals surface area contributed by atoms with Gasteiger partial charge in [0.2, 0.25) is 10.0 Å². The average molecular weight is 575 g/mol. The Kier molecular flexibility index (Phi) is 9.49. The van der Waals surface area contributed by atoms with Crippen LogP contribution >= 0.6 is 12.2 Å². The van der Waals surface area contributed by atoms with Crippen molar-refractivity contribution >= 4 is 50.4 Å². The van der Waals surface area contributed by atoms with E-state index in [2.05, 4.69) is 15.4 Å². The number of benzene rings is 4. The lowest BCUT2D eigenvalue weighted by molar-refractivity contribution is -0.143. The van der Waals surface area contributed by atoms with Crippen molar-refractivity contribution in [1.29, 1.82) is 0 Å². The van der Waals surface area contributed by atoms with Crippen LogP contribution in [-0.4, -0.2) is 26.1 Å². The summed E-state index contributed by atoms with van der Waals surface area (Å²) in [6.07, 6.45) is -0.132. The summed E-state index contributed by atoms with van der Waals surface area (Å²) in [5, 5.41) is 6.58. The zero-order chi connectivity index (χ0) is 28.5. The monoisotopic (exact) mass is 574 g/mol. The molecule has 0 spiro atoms. The lowest BCUT2D eigenvalue weighted by Gasteiger charge is -2.19. The van der Waals surface area contributed by atoms with Crippen molar-refractivity contribution in [2.24, 2.45) is 0 Å². The number of carbonyl (C=O) groups is 1. The molecule has 0 heterocycles. The molecule has 0 saturated heterocycles. The molecule has 1 unspecified atom stereocenters. The number of nitrogens with two attached hydrogens (primary N) is 1. The molecule has 4 aromatic carbocycles. The summed E-state index contributed by atoms with van der Waals surface area (Å²) in [5.41, 5.74) is 10.1. The van der Waals surface area contributed by atoms with Gasteiger partial charge in [0.1, 0.15) is 0 Å². The number of rotatable bonds is 10. The summed E-state index contributed by atoms with van der Waals surface area (Å²) in [7, 11) is -3.98. The minimum atomic E-state index is -3.98. The molecule has 206 valence electrons. The van der Waals surface area contributed by atoms with Crippen molar-refractivity contribution in [3.8, 4) is 11.1 Å². The minimum Gasteiger partial charge on any atom is -0.466 e. The van der Waals surface area contributed by atoms with E-state index in [4.69, 9.17) is 22.7 Å². The highest BCUT2D eigenvalue weighted by Gasteiger charge is 2.24. The standard InChI is InChI=1S/C30H30N4O4S2/c1-2-38-29(35)20-28(21-10-4-3-5-11-21)34-40(36,37)25-15-9-13-23(19-25)22-12-8-14-24(18-22)32-30(39)33-27-17-7-6-16-26(27)31/h3-19,28,34H,2,20,31H2,1H3,(H2,32,33,39). The van der Waals surface area contributed by atoms with Gasteiger partial charge in [0.05, 0.1) is 35.3 Å². The average Bonchev–Trinajstić information content (AvgIpc) is 2.95. The number of para-hydroxylation sites is 2. The molecule has 0 aliphatic carbocycles. The maximum atomic E-state index is 13.4.